The number of carbonyl (C=O) groups is 1. The van der Waals surface area contributed by atoms with Crippen molar-refractivity contribution >= 4 is 23.5 Å². The largest absolute Gasteiger partial charge is 0.368 e. The lowest BCUT2D eigenvalue weighted by Crippen LogP contribution is -2.14. The minimum atomic E-state index is 0.533. The first-order valence-corrected chi connectivity index (χ1v) is 8.86. The third-order valence-electron chi connectivity index (χ3n) is 4.71. The van der Waals surface area contributed by atoms with Gasteiger partial charge in [-0.25, -0.2) is 0 Å². The summed E-state index contributed by atoms with van der Waals surface area (Å²) in [5, 5.41) is 7.72. The summed E-state index contributed by atoms with van der Waals surface area (Å²) in [6.07, 6.45) is 2.76. The standard InChI is InChI=1S/C12H14N4.C9H11NO/c1-15-8-9-7-13-16(2)12(9)14-10-5-3-4-6-11(10)15;1-7-4-8(6-11)2-3-9(7)5-10/h3-7,14H,8H2,1-2H3;2-4,6H,5,10H2,1H3. The Morgan fingerprint density at radius 1 is 1.22 bits per heavy atom. The van der Waals surface area contributed by atoms with Crippen LogP contribution in [0, 0.1) is 6.92 Å². The molecule has 0 aliphatic carbocycles. The van der Waals surface area contributed by atoms with Gasteiger partial charge in [0.15, 0.2) is 0 Å². The lowest BCUT2D eigenvalue weighted by molar-refractivity contribution is 0.112. The van der Waals surface area contributed by atoms with Crippen LogP contribution in [0.2, 0.25) is 0 Å². The molecule has 0 radical (unpaired) electrons. The average molecular weight is 363 g/mol. The molecule has 2 aromatic carbocycles. The maximum atomic E-state index is 10.3. The van der Waals surface area contributed by atoms with Gasteiger partial charge in [-0.2, -0.15) is 5.10 Å². The number of aryl methyl sites for hydroxylation is 2. The Kier molecular flexibility index (Phi) is 5.57. The fraction of sp³-hybridized carbons (Fsp3) is 0.238. The summed E-state index contributed by atoms with van der Waals surface area (Å²) in [5.41, 5.74) is 11.9. The van der Waals surface area contributed by atoms with Crippen LogP contribution in [0.5, 0.6) is 0 Å². The molecule has 3 aromatic rings. The number of hydrogen-bond acceptors (Lipinski definition) is 5. The molecule has 6 heteroatoms. The van der Waals surface area contributed by atoms with Crippen molar-refractivity contribution in [3.05, 3.63) is 70.9 Å². The Hall–Kier alpha value is -3.12. The molecule has 0 bridgehead atoms. The van der Waals surface area contributed by atoms with Gasteiger partial charge in [-0.15, -0.1) is 0 Å². The molecule has 0 fully saturated rings. The summed E-state index contributed by atoms with van der Waals surface area (Å²) >= 11 is 0. The molecule has 140 valence electrons. The highest BCUT2D eigenvalue weighted by molar-refractivity contribution is 5.77. The van der Waals surface area contributed by atoms with E-state index in [1.165, 1.54) is 11.3 Å². The van der Waals surface area contributed by atoms with E-state index in [9.17, 15) is 4.79 Å². The minimum Gasteiger partial charge on any atom is -0.368 e. The van der Waals surface area contributed by atoms with E-state index >= 15 is 0 Å². The maximum absolute atomic E-state index is 10.3. The molecule has 6 nitrogen and oxygen atoms in total. The first-order valence-electron chi connectivity index (χ1n) is 8.86. The molecular formula is C21H25N5O. The first-order chi connectivity index (χ1) is 13.0. The van der Waals surface area contributed by atoms with Gasteiger partial charge in [0.1, 0.15) is 12.1 Å². The number of rotatable bonds is 2. The predicted molar refractivity (Wildman–Crippen MR) is 109 cm³/mol. The number of fused-ring (bicyclic) bond motifs is 2. The van der Waals surface area contributed by atoms with Gasteiger partial charge in [0.25, 0.3) is 0 Å². The van der Waals surface area contributed by atoms with Gasteiger partial charge in [0.05, 0.1) is 17.6 Å². The van der Waals surface area contributed by atoms with Crippen molar-refractivity contribution in [2.75, 3.05) is 17.3 Å². The molecule has 0 atom stereocenters. The number of aromatic nitrogens is 2. The highest BCUT2D eigenvalue weighted by Crippen LogP contribution is 2.33. The number of anilines is 3. The third kappa shape index (κ3) is 4.01. The van der Waals surface area contributed by atoms with Gasteiger partial charge in [-0.3, -0.25) is 9.48 Å². The lowest BCUT2D eigenvalue weighted by atomic mass is 10.1. The normalized spacial score (nSPS) is 12.1. The molecular weight excluding hydrogens is 338 g/mol. The van der Waals surface area contributed by atoms with Crippen molar-refractivity contribution in [2.24, 2.45) is 12.8 Å². The molecule has 0 spiro atoms. The molecule has 0 amide bonds. The predicted octanol–water partition coefficient (Wildman–Crippen LogP) is 3.38. The first kappa shape index (κ1) is 18.7. The van der Waals surface area contributed by atoms with E-state index in [2.05, 4.69) is 40.6 Å². The van der Waals surface area contributed by atoms with Crippen LogP contribution >= 0.6 is 0 Å². The van der Waals surface area contributed by atoms with Crippen molar-refractivity contribution in [1.29, 1.82) is 0 Å². The molecule has 0 unspecified atom stereocenters. The highest BCUT2D eigenvalue weighted by atomic mass is 16.1. The molecule has 1 aliphatic rings. The van der Waals surface area contributed by atoms with Crippen molar-refractivity contribution in [3.8, 4) is 0 Å². The number of para-hydroxylation sites is 2. The molecule has 2 heterocycles. The van der Waals surface area contributed by atoms with Crippen LogP contribution in [0.4, 0.5) is 17.2 Å². The Morgan fingerprint density at radius 2 is 2.00 bits per heavy atom. The van der Waals surface area contributed by atoms with E-state index in [4.69, 9.17) is 5.73 Å². The number of nitrogens with one attached hydrogen (secondary N) is 1. The maximum Gasteiger partial charge on any atom is 0.150 e. The molecule has 3 N–H and O–H groups in total. The fourth-order valence-corrected chi connectivity index (χ4v) is 3.16. The number of carbonyl (C=O) groups excluding carboxylic acids is 1. The van der Waals surface area contributed by atoms with Crippen LogP contribution in [-0.4, -0.2) is 23.1 Å². The summed E-state index contributed by atoms with van der Waals surface area (Å²) in [5.74, 6) is 1.08. The number of aldehydes is 1. The monoisotopic (exact) mass is 363 g/mol. The van der Waals surface area contributed by atoms with E-state index in [0.29, 0.717) is 12.1 Å². The van der Waals surface area contributed by atoms with Gasteiger partial charge in [0.2, 0.25) is 0 Å². The Bertz CT molecular complexity index is 947. The van der Waals surface area contributed by atoms with E-state index in [0.717, 1.165) is 35.5 Å². The molecule has 0 saturated carbocycles. The molecule has 0 saturated heterocycles. The summed E-state index contributed by atoms with van der Waals surface area (Å²) in [6, 6.07) is 13.8. The van der Waals surface area contributed by atoms with Gasteiger partial charge >= 0.3 is 0 Å². The quantitative estimate of drug-likeness (QED) is 0.683. The third-order valence-corrected chi connectivity index (χ3v) is 4.71. The minimum absolute atomic E-state index is 0.533. The van der Waals surface area contributed by atoms with Crippen LogP contribution in [0.3, 0.4) is 0 Å². The zero-order valence-corrected chi connectivity index (χ0v) is 15.9. The zero-order chi connectivity index (χ0) is 19.4. The Labute approximate surface area is 159 Å². The Balaban J connectivity index is 0.000000168. The van der Waals surface area contributed by atoms with Crippen LogP contribution in [0.25, 0.3) is 0 Å². The summed E-state index contributed by atoms with van der Waals surface area (Å²) in [4.78, 5) is 12.6. The molecule has 4 rings (SSSR count). The van der Waals surface area contributed by atoms with Crippen molar-refractivity contribution in [2.45, 2.75) is 20.0 Å². The van der Waals surface area contributed by atoms with Gasteiger partial charge in [-0.1, -0.05) is 24.3 Å². The number of nitrogens with zero attached hydrogens (tertiary/aromatic N) is 3. The van der Waals surface area contributed by atoms with Crippen LogP contribution in [0.1, 0.15) is 27.0 Å². The van der Waals surface area contributed by atoms with Crippen molar-refractivity contribution < 1.29 is 4.79 Å². The molecule has 27 heavy (non-hydrogen) atoms. The van der Waals surface area contributed by atoms with Crippen molar-refractivity contribution in [3.63, 3.8) is 0 Å². The van der Waals surface area contributed by atoms with Gasteiger partial charge < -0.3 is 16.0 Å². The summed E-state index contributed by atoms with van der Waals surface area (Å²) in [6.45, 7) is 3.37. The molecule has 1 aromatic heterocycles. The smallest absolute Gasteiger partial charge is 0.150 e. The zero-order valence-electron chi connectivity index (χ0n) is 15.9. The second kappa shape index (κ2) is 8.05. The average Bonchev–Trinajstić information content (AvgIpc) is 2.94. The van der Waals surface area contributed by atoms with Crippen LogP contribution in [0.15, 0.2) is 48.7 Å². The van der Waals surface area contributed by atoms with Crippen LogP contribution < -0.4 is 16.0 Å². The number of hydrogen-bond donors (Lipinski definition) is 2. The number of nitrogens with two attached hydrogens (primary N) is 1. The number of benzene rings is 2. The van der Waals surface area contributed by atoms with E-state index in [-0.39, 0.29) is 0 Å². The SMILES string of the molecule is CN1Cc2cnn(C)c2Nc2ccccc21.Cc1cc(C=O)ccc1CN. The highest BCUT2D eigenvalue weighted by Gasteiger charge is 2.18. The lowest BCUT2D eigenvalue weighted by Gasteiger charge is -2.18. The topological polar surface area (TPSA) is 76.2 Å². The summed E-state index contributed by atoms with van der Waals surface area (Å²) < 4.78 is 1.88. The van der Waals surface area contributed by atoms with E-state index in [1.807, 2.05) is 43.0 Å². The van der Waals surface area contributed by atoms with Crippen LogP contribution in [-0.2, 0) is 20.1 Å². The fourth-order valence-electron chi connectivity index (χ4n) is 3.16. The second-order valence-corrected chi connectivity index (χ2v) is 6.65. The van der Waals surface area contributed by atoms with Gasteiger partial charge in [-0.05, 0) is 36.2 Å². The molecule has 1 aliphatic heterocycles. The van der Waals surface area contributed by atoms with E-state index < -0.39 is 0 Å². The summed E-state index contributed by atoms with van der Waals surface area (Å²) in [7, 11) is 4.06. The van der Waals surface area contributed by atoms with Gasteiger partial charge in [0, 0.05) is 38.3 Å². The van der Waals surface area contributed by atoms with E-state index in [1.54, 1.807) is 6.07 Å². The Morgan fingerprint density at radius 3 is 2.70 bits per heavy atom. The van der Waals surface area contributed by atoms with Crippen molar-refractivity contribution in [1.82, 2.24) is 9.78 Å². The second-order valence-electron chi connectivity index (χ2n) is 6.65.